The van der Waals surface area contributed by atoms with Gasteiger partial charge in [-0.15, -0.1) is 0 Å². The van der Waals surface area contributed by atoms with Gasteiger partial charge in [-0.3, -0.25) is 4.68 Å². The standard InChI is InChI=1S/C8H8BrN3O/c1-12-7(10)4-6(11-12)8-5(9)2-3-13-8/h2-4H,10H2,1H3. The average molecular weight is 242 g/mol. The summed E-state index contributed by atoms with van der Waals surface area (Å²) in [6, 6.07) is 3.59. The summed E-state index contributed by atoms with van der Waals surface area (Å²) in [4.78, 5) is 0. The third-order valence-electron chi connectivity index (χ3n) is 1.77. The largest absolute Gasteiger partial charge is 0.461 e. The number of nitrogen functional groups attached to an aromatic ring is 1. The van der Waals surface area contributed by atoms with Gasteiger partial charge >= 0.3 is 0 Å². The number of hydrogen-bond donors (Lipinski definition) is 1. The molecule has 0 bridgehead atoms. The van der Waals surface area contributed by atoms with Gasteiger partial charge in [0.2, 0.25) is 0 Å². The Morgan fingerprint density at radius 1 is 1.62 bits per heavy atom. The molecule has 5 heteroatoms. The lowest BCUT2D eigenvalue weighted by Crippen LogP contribution is -1.96. The number of hydrogen-bond acceptors (Lipinski definition) is 3. The first-order valence-electron chi connectivity index (χ1n) is 3.71. The van der Waals surface area contributed by atoms with Gasteiger partial charge in [0, 0.05) is 13.1 Å². The van der Waals surface area contributed by atoms with Gasteiger partial charge in [0.25, 0.3) is 0 Å². The van der Waals surface area contributed by atoms with E-state index in [0.717, 1.165) is 10.2 Å². The molecule has 0 aliphatic rings. The van der Waals surface area contributed by atoms with Gasteiger partial charge in [-0.25, -0.2) is 0 Å². The topological polar surface area (TPSA) is 57.0 Å². The molecular weight excluding hydrogens is 234 g/mol. The van der Waals surface area contributed by atoms with Crippen LogP contribution in [0.25, 0.3) is 11.5 Å². The van der Waals surface area contributed by atoms with Gasteiger partial charge in [0.05, 0.1) is 10.7 Å². The van der Waals surface area contributed by atoms with Crippen LogP contribution in [0.5, 0.6) is 0 Å². The number of halogens is 1. The van der Waals surface area contributed by atoms with E-state index < -0.39 is 0 Å². The van der Waals surface area contributed by atoms with Crippen molar-refractivity contribution in [2.75, 3.05) is 5.73 Å². The average Bonchev–Trinajstić information content (AvgIpc) is 2.60. The molecule has 0 aliphatic carbocycles. The Kier molecular flexibility index (Phi) is 1.88. The zero-order valence-corrected chi connectivity index (χ0v) is 8.58. The van der Waals surface area contributed by atoms with E-state index >= 15 is 0 Å². The van der Waals surface area contributed by atoms with E-state index in [4.69, 9.17) is 10.2 Å². The fourth-order valence-electron chi connectivity index (χ4n) is 1.07. The van der Waals surface area contributed by atoms with Crippen LogP contribution in [-0.4, -0.2) is 9.78 Å². The zero-order valence-electron chi connectivity index (χ0n) is 6.99. The summed E-state index contributed by atoms with van der Waals surface area (Å²) in [5, 5.41) is 4.18. The van der Waals surface area contributed by atoms with Crippen molar-refractivity contribution in [2.24, 2.45) is 7.05 Å². The van der Waals surface area contributed by atoms with Crippen molar-refractivity contribution in [3.05, 3.63) is 22.9 Å². The van der Waals surface area contributed by atoms with Gasteiger partial charge < -0.3 is 10.2 Å². The Morgan fingerprint density at radius 2 is 2.38 bits per heavy atom. The molecule has 0 saturated carbocycles. The van der Waals surface area contributed by atoms with Gasteiger partial charge in [-0.05, 0) is 22.0 Å². The minimum absolute atomic E-state index is 0.610. The maximum absolute atomic E-state index is 5.64. The van der Waals surface area contributed by atoms with Gasteiger partial charge in [0.15, 0.2) is 5.76 Å². The zero-order chi connectivity index (χ0) is 9.42. The normalized spacial score (nSPS) is 10.6. The maximum atomic E-state index is 5.64. The molecule has 2 heterocycles. The van der Waals surface area contributed by atoms with Crippen molar-refractivity contribution in [3.8, 4) is 11.5 Å². The van der Waals surface area contributed by atoms with Crippen molar-refractivity contribution in [1.29, 1.82) is 0 Å². The van der Waals surface area contributed by atoms with Crippen LogP contribution in [0.3, 0.4) is 0 Å². The molecular formula is C8H8BrN3O. The number of nitrogens with zero attached hydrogens (tertiary/aromatic N) is 2. The molecule has 0 fully saturated rings. The molecule has 0 spiro atoms. The second-order valence-electron chi connectivity index (χ2n) is 2.68. The van der Waals surface area contributed by atoms with E-state index in [1.165, 1.54) is 0 Å². The van der Waals surface area contributed by atoms with Crippen molar-refractivity contribution >= 4 is 21.7 Å². The summed E-state index contributed by atoms with van der Waals surface area (Å²) in [7, 11) is 1.79. The van der Waals surface area contributed by atoms with E-state index in [9.17, 15) is 0 Å². The first-order chi connectivity index (χ1) is 6.18. The second kappa shape index (κ2) is 2.92. The summed E-state index contributed by atoms with van der Waals surface area (Å²) in [5.41, 5.74) is 6.37. The van der Waals surface area contributed by atoms with Crippen LogP contribution < -0.4 is 5.73 Å². The van der Waals surface area contributed by atoms with Crippen molar-refractivity contribution < 1.29 is 4.42 Å². The molecule has 2 N–H and O–H groups in total. The molecule has 4 nitrogen and oxygen atoms in total. The molecule has 68 valence electrons. The summed E-state index contributed by atoms with van der Waals surface area (Å²) in [5.74, 6) is 1.31. The van der Waals surface area contributed by atoms with Crippen LogP contribution in [0.1, 0.15) is 0 Å². The predicted octanol–water partition coefficient (Wildman–Crippen LogP) is 2.02. The van der Waals surface area contributed by atoms with Gasteiger partial charge in [-0.1, -0.05) is 0 Å². The lowest BCUT2D eigenvalue weighted by atomic mass is 10.3. The predicted molar refractivity (Wildman–Crippen MR) is 53.0 cm³/mol. The monoisotopic (exact) mass is 241 g/mol. The molecule has 0 unspecified atom stereocenters. The highest BCUT2D eigenvalue weighted by Gasteiger charge is 2.10. The number of furan rings is 1. The Hall–Kier alpha value is -1.23. The van der Waals surface area contributed by atoms with Crippen LogP contribution in [0, 0.1) is 0 Å². The highest BCUT2D eigenvalue weighted by atomic mass is 79.9. The van der Waals surface area contributed by atoms with E-state index in [0.29, 0.717) is 11.6 Å². The molecule has 2 aromatic heterocycles. The molecule has 2 rings (SSSR count). The fraction of sp³-hybridized carbons (Fsp3) is 0.125. The third-order valence-corrected chi connectivity index (χ3v) is 2.39. The first-order valence-corrected chi connectivity index (χ1v) is 4.50. The number of aromatic nitrogens is 2. The van der Waals surface area contributed by atoms with Crippen molar-refractivity contribution in [1.82, 2.24) is 9.78 Å². The molecule has 0 saturated heterocycles. The van der Waals surface area contributed by atoms with E-state index in [-0.39, 0.29) is 0 Å². The number of aryl methyl sites for hydroxylation is 1. The maximum Gasteiger partial charge on any atom is 0.168 e. The third kappa shape index (κ3) is 1.35. The van der Waals surface area contributed by atoms with Crippen LogP contribution in [-0.2, 0) is 7.05 Å². The highest BCUT2D eigenvalue weighted by Crippen LogP contribution is 2.28. The second-order valence-corrected chi connectivity index (χ2v) is 3.53. The van der Waals surface area contributed by atoms with Crippen molar-refractivity contribution in [2.45, 2.75) is 0 Å². The lowest BCUT2D eigenvalue weighted by molar-refractivity contribution is 0.577. The molecule has 2 aromatic rings. The minimum atomic E-state index is 0.610. The quantitative estimate of drug-likeness (QED) is 0.832. The SMILES string of the molecule is Cn1nc(-c2occc2Br)cc1N. The Morgan fingerprint density at radius 3 is 2.85 bits per heavy atom. The van der Waals surface area contributed by atoms with E-state index in [2.05, 4.69) is 21.0 Å². The molecule has 0 aliphatic heterocycles. The van der Waals surface area contributed by atoms with Crippen LogP contribution in [0.4, 0.5) is 5.82 Å². The highest BCUT2D eigenvalue weighted by molar-refractivity contribution is 9.10. The van der Waals surface area contributed by atoms with Crippen LogP contribution >= 0.6 is 15.9 Å². The van der Waals surface area contributed by atoms with Gasteiger partial charge in [0.1, 0.15) is 11.5 Å². The molecule has 13 heavy (non-hydrogen) atoms. The number of anilines is 1. The van der Waals surface area contributed by atoms with E-state index in [1.807, 2.05) is 6.07 Å². The molecule has 0 radical (unpaired) electrons. The Balaban J connectivity index is 2.53. The van der Waals surface area contributed by atoms with Crippen LogP contribution in [0.2, 0.25) is 0 Å². The minimum Gasteiger partial charge on any atom is -0.461 e. The molecule has 0 amide bonds. The fourth-order valence-corrected chi connectivity index (χ4v) is 1.47. The number of rotatable bonds is 1. The first kappa shape index (κ1) is 8.37. The summed E-state index contributed by atoms with van der Waals surface area (Å²) in [6.45, 7) is 0. The van der Waals surface area contributed by atoms with E-state index in [1.54, 1.807) is 24.1 Å². The summed E-state index contributed by atoms with van der Waals surface area (Å²) in [6.07, 6.45) is 1.60. The number of nitrogens with two attached hydrogens (primary N) is 1. The smallest absolute Gasteiger partial charge is 0.168 e. The van der Waals surface area contributed by atoms with Crippen molar-refractivity contribution in [3.63, 3.8) is 0 Å². The van der Waals surface area contributed by atoms with Crippen LogP contribution in [0.15, 0.2) is 27.3 Å². The lowest BCUT2D eigenvalue weighted by Gasteiger charge is -1.90. The Bertz CT molecular complexity index is 413. The Labute approximate surface area is 83.5 Å². The molecule has 0 atom stereocenters. The summed E-state index contributed by atoms with van der Waals surface area (Å²) >= 11 is 3.35. The van der Waals surface area contributed by atoms with Gasteiger partial charge in [-0.2, -0.15) is 5.10 Å². The molecule has 0 aromatic carbocycles. The summed E-state index contributed by atoms with van der Waals surface area (Å²) < 4.78 is 7.72.